The molecule has 0 N–H and O–H groups in total. The van der Waals surface area contributed by atoms with E-state index in [1.165, 1.54) is 154 Å². The number of hydrogen-bond donors (Lipinski definition) is 0. The zero-order valence-corrected chi connectivity index (χ0v) is 39.4. The number of hydrogen-bond acceptors (Lipinski definition) is 1. The van der Waals surface area contributed by atoms with Crippen LogP contribution in [0.2, 0.25) is 0 Å². The average Bonchev–Trinajstić information content (AvgIpc) is 3.85. The summed E-state index contributed by atoms with van der Waals surface area (Å²) in [5.41, 5.74) is 28.3. The fourth-order valence-corrected chi connectivity index (χ4v) is 13.4. The summed E-state index contributed by atoms with van der Waals surface area (Å²) in [5.74, 6) is 0. The van der Waals surface area contributed by atoms with Crippen molar-refractivity contribution in [2.45, 2.75) is 48.5 Å². The van der Waals surface area contributed by atoms with Gasteiger partial charge in [0.1, 0.15) is 0 Å². The highest BCUT2D eigenvalue weighted by Gasteiger charge is 2.43. The molecule has 320 valence electrons. The average molecular weight is 868 g/mol. The molecule has 4 heteroatoms. The van der Waals surface area contributed by atoms with Gasteiger partial charge >= 0.3 is 6.85 Å². The summed E-state index contributed by atoms with van der Waals surface area (Å²) in [6.07, 6.45) is 0. The van der Waals surface area contributed by atoms with Crippen LogP contribution in [0, 0.1) is 59.8 Å². The molecule has 2 aliphatic heterocycles. The standard InChI is InChI=1S/C64H46BN3/c1-34-23-36(3)57(37(4)24-34)45-20-21-54-50(29-45)51-30-46(58-38(5)25-35(2)26-39(58)6)31-53-63(51)67(54)56-32-49(43-16-12-13-41(27-43)33-66)40(7)59-52-28-44-15-9-11-18-48(44)61-60-47-17-10-8-14-42(47)19-22-55(60)68(64(52)61)65(53)62(56)59/h8-32H,1-7H3. The largest absolute Gasteiger partial charge is 0.375 e. The molecule has 68 heavy (non-hydrogen) atoms. The van der Waals surface area contributed by atoms with Crippen molar-refractivity contribution in [3.8, 4) is 56.3 Å². The Morgan fingerprint density at radius 2 is 1.10 bits per heavy atom. The first-order chi connectivity index (χ1) is 33.1. The number of rotatable bonds is 3. The number of benzene rings is 10. The molecule has 0 spiro atoms. The van der Waals surface area contributed by atoms with E-state index in [1.807, 2.05) is 12.1 Å². The summed E-state index contributed by atoms with van der Waals surface area (Å²) in [6, 6.07) is 59.8. The van der Waals surface area contributed by atoms with Crippen molar-refractivity contribution >= 4 is 82.9 Å². The minimum atomic E-state index is -0.139. The summed E-state index contributed by atoms with van der Waals surface area (Å²) in [5, 5.41) is 20.4. The van der Waals surface area contributed by atoms with E-state index < -0.39 is 0 Å². The van der Waals surface area contributed by atoms with Gasteiger partial charge in [-0.15, -0.1) is 0 Å². The first-order valence-corrected chi connectivity index (χ1v) is 23.9. The van der Waals surface area contributed by atoms with Crippen LogP contribution >= 0.6 is 0 Å². The van der Waals surface area contributed by atoms with Gasteiger partial charge in [-0.1, -0.05) is 114 Å². The van der Waals surface area contributed by atoms with E-state index in [-0.39, 0.29) is 6.85 Å². The van der Waals surface area contributed by atoms with E-state index in [2.05, 4.69) is 203 Å². The lowest BCUT2D eigenvalue weighted by atomic mass is 9.45. The molecule has 0 aliphatic carbocycles. The van der Waals surface area contributed by atoms with Gasteiger partial charge in [-0.25, -0.2) is 0 Å². The number of nitrogens with zero attached hydrogens (tertiary/aromatic N) is 3. The van der Waals surface area contributed by atoms with Crippen molar-refractivity contribution in [3.05, 3.63) is 196 Å². The van der Waals surface area contributed by atoms with Crippen LogP contribution in [0.3, 0.4) is 0 Å². The van der Waals surface area contributed by atoms with Crippen LogP contribution in [0.5, 0.6) is 0 Å². The summed E-state index contributed by atoms with van der Waals surface area (Å²) >= 11 is 0. The third kappa shape index (κ3) is 5.09. The van der Waals surface area contributed by atoms with E-state index in [4.69, 9.17) is 0 Å². The van der Waals surface area contributed by atoms with Crippen LogP contribution in [0.4, 0.5) is 0 Å². The second-order valence-electron chi connectivity index (χ2n) is 19.9. The first kappa shape index (κ1) is 39.1. The highest BCUT2D eigenvalue weighted by Crippen LogP contribution is 2.50. The van der Waals surface area contributed by atoms with Gasteiger partial charge < -0.3 is 9.05 Å². The fourth-order valence-electron chi connectivity index (χ4n) is 13.4. The normalized spacial score (nSPS) is 12.6. The molecule has 4 heterocycles. The topological polar surface area (TPSA) is 33.6 Å². The minimum absolute atomic E-state index is 0.139. The molecule has 12 aromatic rings. The van der Waals surface area contributed by atoms with Crippen molar-refractivity contribution in [1.82, 2.24) is 9.05 Å². The van der Waals surface area contributed by atoms with E-state index in [0.717, 1.165) is 11.1 Å². The molecule has 0 bridgehead atoms. The van der Waals surface area contributed by atoms with Crippen LogP contribution in [0.1, 0.15) is 44.5 Å². The second-order valence-corrected chi connectivity index (χ2v) is 19.9. The van der Waals surface area contributed by atoms with Gasteiger partial charge in [0.2, 0.25) is 0 Å². The van der Waals surface area contributed by atoms with Gasteiger partial charge in [-0.05, 0) is 196 Å². The predicted octanol–water partition coefficient (Wildman–Crippen LogP) is 15.2. The number of aryl methyl sites for hydroxylation is 6. The van der Waals surface area contributed by atoms with Gasteiger partial charge in [0.05, 0.1) is 22.7 Å². The van der Waals surface area contributed by atoms with Gasteiger partial charge in [0.15, 0.2) is 0 Å². The molecule has 0 fully saturated rings. The molecular weight excluding hydrogens is 822 g/mol. The molecule has 14 rings (SSSR count). The van der Waals surface area contributed by atoms with Crippen LogP contribution in [-0.4, -0.2) is 15.9 Å². The molecule has 0 saturated heterocycles. The maximum Gasteiger partial charge on any atom is 0.333 e. The molecule has 3 nitrogen and oxygen atoms in total. The predicted molar refractivity (Wildman–Crippen MR) is 289 cm³/mol. The molecule has 2 aliphatic rings. The van der Waals surface area contributed by atoms with Crippen molar-refractivity contribution in [3.63, 3.8) is 0 Å². The smallest absolute Gasteiger partial charge is 0.333 e. The summed E-state index contributed by atoms with van der Waals surface area (Å²) in [6.45, 7) is 15.7. The Kier molecular flexibility index (Phi) is 7.89. The maximum absolute atomic E-state index is 10.2. The highest BCUT2D eigenvalue weighted by molar-refractivity contribution is 6.90. The van der Waals surface area contributed by atoms with Crippen LogP contribution in [0.15, 0.2) is 152 Å². The molecule has 0 atom stereocenters. The lowest BCUT2D eigenvalue weighted by Crippen LogP contribution is -2.55. The van der Waals surface area contributed by atoms with Crippen molar-refractivity contribution in [2.75, 3.05) is 0 Å². The minimum Gasteiger partial charge on any atom is -0.375 e. The zero-order chi connectivity index (χ0) is 46.0. The second kappa shape index (κ2) is 13.7. The van der Waals surface area contributed by atoms with E-state index in [1.54, 1.807) is 0 Å². The highest BCUT2D eigenvalue weighted by atomic mass is 15.0. The summed E-state index contributed by atoms with van der Waals surface area (Å²) in [4.78, 5) is 0. The Bertz CT molecular complexity index is 4310. The number of fused-ring (bicyclic) bond motifs is 14. The Hall–Kier alpha value is -8.13. The first-order valence-electron chi connectivity index (χ1n) is 23.9. The fraction of sp³-hybridized carbons (Fsp3) is 0.109. The maximum atomic E-state index is 10.2. The van der Waals surface area contributed by atoms with Crippen molar-refractivity contribution in [2.24, 2.45) is 0 Å². The quantitative estimate of drug-likeness (QED) is 0.163. The van der Waals surface area contributed by atoms with Crippen LogP contribution < -0.4 is 10.9 Å². The third-order valence-corrected chi connectivity index (χ3v) is 15.7. The molecule has 2 aromatic heterocycles. The number of nitriles is 1. The monoisotopic (exact) mass is 867 g/mol. The van der Waals surface area contributed by atoms with Crippen LogP contribution in [-0.2, 0) is 0 Å². The molecule has 10 aromatic carbocycles. The number of aromatic nitrogens is 2. The Morgan fingerprint density at radius 1 is 0.456 bits per heavy atom. The lowest BCUT2D eigenvalue weighted by Gasteiger charge is -2.36. The van der Waals surface area contributed by atoms with E-state index in [9.17, 15) is 5.26 Å². The van der Waals surface area contributed by atoms with Crippen LogP contribution in [0.25, 0.3) is 115 Å². The Balaban J connectivity index is 1.23. The van der Waals surface area contributed by atoms with Gasteiger partial charge in [0, 0.05) is 43.8 Å². The molecule has 0 amide bonds. The molecule has 0 radical (unpaired) electrons. The van der Waals surface area contributed by atoms with Crippen molar-refractivity contribution < 1.29 is 0 Å². The molecular formula is C64H46BN3. The molecule has 0 saturated carbocycles. The van der Waals surface area contributed by atoms with E-state index >= 15 is 0 Å². The summed E-state index contributed by atoms with van der Waals surface area (Å²) in [7, 11) is 0. The van der Waals surface area contributed by atoms with Gasteiger partial charge in [0.25, 0.3) is 0 Å². The summed E-state index contributed by atoms with van der Waals surface area (Å²) < 4.78 is 5.34. The van der Waals surface area contributed by atoms with Gasteiger partial charge in [-0.2, -0.15) is 5.26 Å². The molecule has 0 unspecified atom stereocenters. The van der Waals surface area contributed by atoms with Crippen molar-refractivity contribution in [1.29, 1.82) is 5.26 Å². The Morgan fingerprint density at radius 3 is 1.82 bits per heavy atom. The van der Waals surface area contributed by atoms with Gasteiger partial charge in [-0.3, -0.25) is 0 Å². The zero-order valence-electron chi connectivity index (χ0n) is 39.4. The van der Waals surface area contributed by atoms with E-state index in [0.29, 0.717) is 5.56 Å². The Labute approximate surface area is 396 Å². The SMILES string of the molecule is Cc1cc(C)c(-c2ccc3c(c2)c2cc(-c4c(C)cc(C)cc4C)cc4c2n3-c2cc(-c3cccc(C#N)c3)c(C)c3c2B4n2c4ccc5ccccc5c4c4c5ccccc5cc-3c42)c(C)c1. The lowest BCUT2D eigenvalue weighted by molar-refractivity contribution is 1.17. The third-order valence-electron chi connectivity index (χ3n) is 15.7.